The van der Waals surface area contributed by atoms with Crippen LogP contribution in [-0.4, -0.2) is 63.9 Å². The number of aromatic nitrogens is 4. The van der Waals surface area contributed by atoms with Gasteiger partial charge in [0.2, 0.25) is 5.95 Å². The highest BCUT2D eigenvalue weighted by Crippen LogP contribution is 2.28. The van der Waals surface area contributed by atoms with Gasteiger partial charge in [-0.2, -0.15) is 18.3 Å². The minimum Gasteiger partial charge on any atom is -0.449 e. The normalized spacial score (nSPS) is 14.7. The molecule has 1 fully saturated rings. The molecule has 12 heteroatoms. The van der Waals surface area contributed by atoms with Crippen LogP contribution in [0.2, 0.25) is 0 Å². The molecule has 1 saturated heterocycles. The second-order valence-corrected chi connectivity index (χ2v) is 6.83. The maximum atomic E-state index is 12.6. The van der Waals surface area contributed by atoms with Crippen molar-refractivity contribution in [3.05, 3.63) is 45.6 Å². The average molecular weight is 426 g/mol. The number of carbonyl (C=O) groups is 1. The number of nitrogens with zero attached hydrogens (tertiary/aromatic N) is 5. The third-order valence-electron chi connectivity index (χ3n) is 4.63. The van der Waals surface area contributed by atoms with Crippen LogP contribution in [-0.2, 0) is 17.3 Å². The quantitative estimate of drug-likeness (QED) is 0.727. The van der Waals surface area contributed by atoms with Crippen molar-refractivity contribution in [3.8, 4) is 0 Å². The first kappa shape index (κ1) is 21.5. The summed E-state index contributed by atoms with van der Waals surface area (Å²) in [6, 6.07) is 1.70. The van der Waals surface area contributed by atoms with Crippen molar-refractivity contribution in [1.29, 1.82) is 0 Å². The Hall–Kier alpha value is -3.18. The fourth-order valence-corrected chi connectivity index (χ4v) is 2.91. The smallest absolute Gasteiger partial charge is 0.419 e. The number of hydrogen-bond acceptors (Lipinski definition) is 7. The number of carbonyl (C=O) groups excluding carboxylic acids is 1. The van der Waals surface area contributed by atoms with Crippen molar-refractivity contribution < 1.29 is 22.7 Å². The van der Waals surface area contributed by atoms with Gasteiger partial charge in [-0.05, 0) is 25.8 Å². The molecule has 0 radical (unpaired) electrons. The SMILES string of the molecule is Cc1cc(CCCOC(=O)N2CCN(c3ncc(C(F)(F)F)cn3)CC2)n[nH]c1=O. The highest BCUT2D eigenvalue weighted by Gasteiger charge is 2.32. The van der Waals surface area contributed by atoms with Crippen molar-refractivity contribution in [2.45, 2.75) is 25.9 Å². The largest absolute Gasteiger partial charge is 0.449 e. The molecule has 1 aliphatic heterocycles. The summed E-state index contributed by atoms with van der Waals surface area (Å²) in [7, 11) is 0. The van der Waals surface area contributed by atoms with Crippen molar-refractivity contribution in [2.75, 3.05) is 37.7 Å². The third-order valence-corrected chi connectivity index (χ3v) is 4.63. The number of piperazine rings is 1. The molecule has 2 aromatic rings. The van der Waals surface area contributed by atoms with Gasteiger partial charge in [-0.15, -0.1) is 0 Å². The van der Waals surface area contributed by atoms with Gasteiger partial charge >= 0.3 is 12.3 Å². The van der Waals surface area contributed by atoms with Gasteiger partial charge in [0.05, 0.1) is 17.9 Å². The van der Waals surface area contributed by atoms with E-state index in [9.17, 15) is 22.8 Å². The summed E-state index contributed by atoms with van der Waals surface area (Å²) in [5, 5.41) is 6.34. The van der Waals surface area contributed by atoms with Gasteiger partial charge in [0, 0.05) is 44.1 Å². The van der Waals surface area contributed by atoms with Gasteiger partial charge in [0.15, 0.2) is 0 Å². The number of nitrogens with one attached hydrogen (secondary N) is 1. The van der Waals surface area contributed by atoms with Gasteiger partial charge in [-0.1, -0.05) is 0 Å². The number of halogens is 3. The van der Waals surface area contributed by atoms with Crippen LogP contribution in [0.15, 0.2) is 23.3 Å². The zero-order valence-electron chi connectivity index (χ0n) is 16.3. The molecular weight excluding hydrogens is 405 g/mol. The second-order valence-electron chi connectivity index (χ2n) is 6.83. The molecule has 0 unspecified atom stereocenters. The number of alkyl halides is 3. The average Bonchev–Trinajstić information content (AvgIpc) is 2.73. The van der Waals surface area contributed by atoms with Gasteiger partial charge < -0.3 is 14.5 Å². The van der Waals surface area contributed by atoms with Crippen LogP contribution in [0.3, 0.4) is 0 Å². The molecule has 0 saturated carbocycles. The minimum atomic E-state index is -4.48. The molecule has 1 amide bonds. The van der Waals surface area contributed by atoms with Crippen LogP contribution in [0.25, 0.3) is 0 Å². The first-order chi connectivity index (χ1) is 14.2. The van der Waals surface area contributed by atoms with E-state index >= 15 is 0 Å². The molecule has 0 aliphatic carbocycles. The van der Waals surface area contributed by atoms with Crippen molar-refractivity contribution in [1.82, 2.24) is 25.1 Å². The number of H-pyrrole nitrogens is 1. The highest BCUT2D eigenvalue weighted by molar-refractivity contribution is 5.68. The number of anilines is 1. The van der Waals surface area contributed by atoms with Gasteiger partial charge in [-0.25, -0.2) is 19.9 Å². The molecule has 3 rings (SSSR count). The van der Waals surface area contributed by atoms with E-state index in [0.29, 0.717) is 50.3 Å². The summed E-state index contributed by atoms with van der Waals surface area (Å²) in [6.07, 6.45) is -2.31. The van der Waals surface area contributed by atoms with E-state index in [1.807, 2.05) is 0 Å². The Morgan fingerprint density at radius 3 is 2.47 bits per heavy atom. The Morgan fingerprint density at radius 2 is 1.87 bits per heavy atom. The number of aromatic amines is 1. The topological polar surface area (TPSA) is 104 Å². The Balaban J connectivity index is 1.40. The molecule has 0 aromatic carbocycles. The van der Waals surface area contributed by atoms with Crippen LogP contribution >= 0.6 is 0 Å². The zero-order chi connectivity index (χ0) is 21.7. The molecule has 1 N–H and O–H groups in total. The Kier molecular flexibility index (Phi) is 6.53. The molecule has 0 spiro atoms. The van der Waals surface area contributed by atoms with E-state index in [4.69, 9.17) is 4.74 Å². The summed E-state index contributed by atoms with van der Waals surface area (Å²) >= 11 is 0. The molecule has 2 aromatic heterocycles. The predicted molar refractivity (Wildman–Crippen MR) is 100 cm³/mol. The van der Waals surface area contributed by atoms with E-state index in [1.54, 1.807) is 17.9 Å². The molecule has 30 heavy (non-hydrogen) atoms. The molecule has 162 valence electrons. The molecular formula is C18H21F3N6O3. The number of ether oxygens (including phenoxy) is 1. The lowest BCUT2D eigenvalue weighted by atomic mass is 10.2. The standard InChI is InChI=1S/C18H21F3N6O3/c1-12-9-14(24-25-15(12)28)3-2-8-30-17(29)27-6-4-26(5-7-27)16-22-10-13(11-23-16)18(19,20)21/h9-11H,2-8H2,1H3,(H,25,28). The van der Waals surface area contributed by atoms with Crippen molar-refractivity contribution >= 4 is 12.0 Å². The highest BCUT2D eigenvalue weighted by atomic mass is 19.4. The Bertz CT molecular complexity index is 924. The molecule has 9 nitrogen and oxygen atoms in total. The zero-order valence-corrected chi connectivity index (χ0v) is 16.3. The van der Waals surface area contributed by atoms with Crippen LogP contribution in [0.1, 0.15) is 23.2 Å². The molecule has 0 bridgehead atoms. The van der Waals surface area contributed by atoms with E-state index in [-0.39, 0.29) is 18.1 Å². The summed E-state index contributed by atoms with van der Waals surface area (Å²) in [4.78, 5) is 34.2. The monoisotopic (exact) mass is 426 g/mol. The fraction of sp³-hybridized carbons (Fsp3) is 0.500. The lowest BCUT2D eigenvalue weighted by molar-refractivity contribution is -0.138. The lowest BCUT2D eigenvalue weighted by Crippen LogP contribution is -2.49. The summed E-state index contributed by atoms with van der Waals surface area (Å²) in [5.74, 6) is 0.194. The first-order valence-corrected chi connectivity index (χ1v) is 9.35. The lowest BCUT2D eigenvalue weighted by Gasteiger charge is -2.34. The van der Waals surface area contributed by atoms with E-state index in [0.717, 1.165) is 12.4 Å². The van der Waals surface area contributed by atoms with Crippen LogP contribution in [0, 0.1) is 6.92 Å². The summed E-state index contributed by atoms with van der Waals surface area (Å²) in [5.41, 5.74) is 0.159. The van der Waals surface area contributed by atoms with Gasteiger partial charge in [0.25, 0.3) is 5.56 Å². The number of aryl methyl sites for hydroxylation is 2. The van der Waals surface area contributed by atoms with Crippen molar-refractivity contribution in [3.63, 3.8) is 0 Å². The van der Waals surface area contributed by atoms with E-state index in [2.05, 4.69) is 20.2 Å². The third kappa shape index (κ3) is 5.45. The Labute approximate surface area is 169 Å². The van der Waals surface area contributed by atoms with E-state index in [1.165, 1.54) is 4.90 Å². The van der Waals surface area contributed by atoms with Gasteiger partial charge in [-0.3, -0.25) is 4.79 Å². The van der Waals surface area contributed by atoms with Gasteiger partial charge in [0.1, 0.15) is 0 Å². The maximum Gasteiger partial charge on any atom is 0.419 e. The number of amides is 1. The number of hydrogen-bond donors (Lipinski definition) is 1. The molecule has 0 atom stereocenters. The number of rotatable bonds is 5. The maximum absolute atomic E-state index is 12.6. The predicted octanol–water partition coefficient (Wildman–Crippen LogP) is 1.78. The van der Waals surface area contributed by atoms with Crippen LogP contribution < -0.4 is 10.5 Å². The van der Waals surface area contributed by atoms with Crippen LogP contribution in [0.5, 0.6) is 0 Å². The minimum absolute atomic E-state index is 0.194. The molecule has 3 heterocycles. The Morgan fingerprint density at radius 1 is 1.20 bits per heavy atom. The van der Waals surface area contributed by atoms with Crippen molar-refractivity contribution in [2.24, 2.45) is 0 Å². The van der Waals surface area contributed by atoms with E-state index < -0.39 is 17.8 Å². The summed E-state index contributed by atoms with van der Waals surface area (Å²) < 4.78 is 43.0. The second kappa shape index (κ2) is 9.09. The first-order valence-electron chi connectivity index (χ1n) is 9.35. The van der Waals surface area contributed by atoms with Crippen LogP contribution in [0.4, 0.5) is 23.9 Å². The fourth-order valence-electron chi connectivity index (χ4n) is 2.91. The molecule has 1 aliphatic rings. The summed E-state index contributed by atoms with van der Waals surface area (Å²) in [6.45, 7) is 3.39.